The van der Waals surface area contributed by atoms with Crippen molar-refractivity contribution in [2.45, 2.75) is 52.1 Å². The maximum absolute atomic E-state index is 8.91. The van der Waals surface area contributed by atoms with Crippen molar-refractivity contribution in [3.63, 3.8) is 0 Å². The molecule has 0 aliphatic rings. The van der Waals surface area contributed by atoms with E-state index in [0.29, 0.717) is 12.3 Å². The molecule has 17 heavy (non-hydrogen) atoms. The zero-order valence-electron chi connectivity index (χ0n) is 11.4. The summed E-state index contributed by atoms with van der Waals surface area (Å²) in [5.74, 6) is 0. The molecule has 0 spiro atoms. The Morgan fingerprint density at radius 1 is 1.29 bits per heavy atom. The molecule has 0 aliphatic heterocycles. The van der Waals surface area contributed by atoms with Gasteiger partial charge in [-0.05, 0) is 29.8 Å². The summed E-state index contributed by atoms with van der Waals surface area (Å²) in [6.07, 6.45) is 1.78. The third-order valence-electron chi connectivity index (χ3n) is 3.45. The SMILES string of the molecule is CC(C)(C)[Si](C)(C)OCc1ccc(CO)nc1. The van der Waals surface area contributed by atoms with Crippen LogP contribution in [0.1, 0.15) is 32.0 Å². The molecule has 3 nitrogen and oxygen atoms in total. The summed E-state index contributed by atoms with van der Waals surface area (Å²) < 4.78 is 6.09. The summed E-state index contributed by atoms with van der Waals surface area (Å²) in [4.78, 5) is 4.15. The van der Waals surface area contributed by atoms with Crippen LogP contribution in [0.3, 0.4) is 0 Å². The van der Waals surface area contributed by atoms with Crippen LogP contribution in [0.5, 0.6) is 0 Å². The smallest absolute Gasteiger partial charge is 0.192 e. The molecular weight excluding hydrogens is 230 g/mol. The maximum Gasteiger partial charge on any atom is 0.192 e. The first-order valence-corrected chi connectivity index (χ1v) is 8.86. The van der Waals surface area contributed by atoms with E-state index >= 15 is 0 Å². The third kappa shape index (κ3) is 3.91. The number of aromatic nitrogens is 1. The Kier molecular flexibility index (Phi) is 4.46. The molecule has 0 unspecified atom stereocenters. The molecule has 1 heterocycles. The standard InChI is InChI=1S/C13H23NO2Si/c1-13(2,3)17(4,5)16-10-11-6-7-12(9-15)14-8-11/h6-8,15H,9-10H2,1-5H3. The zero-order chi connectivity index (χ0) is 13.1. The average molecular weight is 253 g/mol. The summed E-state index contributed by atoms with van der Waals surface area (Å²) in [5, 5.41) is 9.14. The maximum atomic E-state index is 8.91. The molecule has 4 heteroatoms. The van der Waals surface area contributed by atoms with Crippen LogP contribution < -0.4 is 0 Å². The van der Waals surface area contributed by atoms with E-state index in [2.05, 4.69) is 38.8 Å². The van der Waals surface area contributed by atoms with Gasteiger partial charge in [0.1, 0.15) is 0 Å². The first-order valence-electron chi connectivity index (χ1n) is 5.95. The van der Waals surface area contributed by atoms with Crippen molar-refractivity contribution in [1.29, 1.82) is 0 Å². The summed E-state index contributed by atoms with van der Waals surface area (Å²) in [5.41, 5.74) is 1.76. The second-order valence-electron chi connectivity index (χ2n) is 5.86. The van der Waals surface area contributed by atoms with Gasteiger partial charge in [-0.25, -0.2) is 0 Å². The van der Waals surface area contributed by atoms with E-state index in [-0.39, 0.29) is 11.6 Å². The molecule has 0 aromatic carbocycles. The second kappa shape index (κ2) is 5.29. The molecular formula is C13H23NO2Si. The molecule has 1 N–H and O–H groups in total. The second-order valence-corrected chi connectivity index (χ2v) is 10.7. The Morgan fingerprint density at radius 2 is 1.94 bits per heavy atom. The molecule has 0 atom stereocenters. The molecule has 0 bridgehead atoms. The van der Waals surface area contributed by atoms with Crippen LogP contribution in [0.15, 0.2) is 18.3 Å². The summed E-state index contributed by atoms with van der Waals surface area (Å²) in [7, 11) is -1.69. The van der Waals surface area contributed by atoms with Gasteiger partial charge >= 0.3 is 0 Å². The quantitative estimate of drug-likeness (QED) is 0.838. The summed E-state index contributed by atoms with van der Waals surface area (Å²) in [6.45, 7) is 11.8. The van der Waals surface area contributed by atoms with Gasteiger partial charge in [0.15, 0.2) is 8.32 Å². The highest BCUT2D eigenvalue weighted by molar-refractivity contribution is 6.74. The molecule has 0 fully saturated rings. The van der Waals surface area contributed by atoms with Gasteiger partial charge in [0.05, 0.1) is 18.9 Å². The van der Waals surface area contributed by atoms with Gasteiger partial charge in [-0.15, -0.1) is 0 Å². The fraction of sp³-hybridized carbons (Fsp3) is 0.615. The van der Waals surface area contributed by atoms with Gasteiger partial charge in [0, 0.05) is 6.20 Å². The Hall–Kier alpha value is -0.713. The van der Waals surface area contributed by atoms with Crippen LogP contribution in [0, 0.1) is 0 Å². The van der Waals surface area contributed by atoms with Gasteiger partial charge in [0.2, 0.25) is 0 Å². The lowest BCUT2D eigenvalue weighted by Crippen LogP contribution is -2.40. The van der Waals surface area contributed by atoms with Crippen LogP contribution in [-0.2, 0) is 17.6 Å². The number of hydrogen-bond acceptors (Lipinski definition) is 3. The topological polar surface area (TPSA) is 42.4 Å². The fourth-order valence-electron chi connectivity index (χ4n) is 1.11. The Morgan fingerprint density at radius 3 is 2.35 bits per heavy atom. The van der Waals surface area contributed by atoms with Gasteiger partial charge in [-0.3, -0.25) is 4.98 Å². The minimum absolute atomic E-state index is 0.0105. The molecule has 1 aromatic rings. The van der Waals surface area contributed by atoms with Crippen molar-refractivity contribution in [3.8, 4) is 0 Å². The monoisotopic (exact) mass is 253 g/mol. The first-order chi connectivity index (χ1) is 7.76. The van der Waals surface area contributed by atoms with Crippen LogP contribution >= 0.6 is 0 Å². The van der Waals surface area contributed by atoms with Gasteiger partial charge in [-0.1, -0.05) is 26.8 Å². The highest BCUT2D eigenvalue weighted by Crippen LogP contribution is 2.36. The number of nitrogens with zero attached hydrogens (tertiary/aromatic N) is 1. The first kappa shape index (κ1) is 14.3. The molecule has 0 radical (unpaired) electrons. The van der Waals surface area contributed by atoms with E-state index in [9.17, 15) is 0 Å². The number of aliphatic hydroxyl groups excluding tert-OH is 1. The largest absolute Gasteiger partial charge is 0.413 e. The highest BCUT2D eigenvalue weighted by atomic mass is 28.4. The predicted molar refractivity (Wildman–Crippen MR) is 72.1 cm³/mol. The van der Waals surface area contributed by atoms with E-state index in [1.54, 1.807) is 6.20 Å². The fourth-order valence-corrected chi connectivity index (χ4v) is 2.07. The van der Waals surface area contributed by atoms with E-state index in [1.807, 2.05) is 12.1 Å². The number of hydrogen-bond donors (Lipinski definition) is 1. The molecule has 0 saturated heterocycles. The van der Waals surface area contributed by atoms with Crippen LogP contribution in [-0.4, -0.2) is 18.4 Å². The van der Waals surface area contributed by atoms with Crippen molar-refractivity contribution >= 4 is 8.32 Å². The number of rotatable bonds is 4. The molecule has 96 valence electrons. The Bertz CT molecular complexity index is 355. The molecule has 0 aliphatic carbocycles. The molecule has 0 saturated carbocycles. The van der Waals surface area contributed by atoms with Crippen molar-refractivity contribution in [2.75, 3.05) is 0 Å². The molecule has 1 rings (SSSR count). The zero-order valence-corrected chi connectivity index (χ0v) is 12.4. The van der Waals surface area contributed by atoms with E-state index in [0.717, 1.165) is 5.56 Å². The van der Waals surface area contributed by atoms with Gasteiger partial charge < -0.3 is 9.53 Å². The van der Waals surface area contributed by atoms with E-state index in [4.69, 9.17) is 9.53 Å². The Labute approximate surface area is 105 Å². The molecule has 0 amide bonds. The lowest BCUT2D eigenvalue weighted by molar-refractivity contribution is 0.271. The van der Waals surface area contributed by atoms with E-state index < -0.39 is 8.32 Å². The van der Waals surface area contributed by atoms with Crippen molar-refractivity contribution in [3.05, 3.63) is 29.6 Å². The number of aliphatic hydroxyl groups is 1. The van der Waals surface area contributed by atoms with Gasteiger partial charge in [0.25, 0.3) is 0 Å². The predicted octanol–water partition coefficient (Wildman–Crippen LogP) is 3.10. The van der Waals surface area contributed by atoms with Crippen molar-refractivity contribution in [1.82, 2.24) is 4.98 Å². The van der Waals surface area contributed by atoms with Crippen molar-refractivity contribution < 1.29 is 9.53 Å². The molecule has 1 aromatic heterocycles. The third-order valence-corrected chi connectivity index (χ3v) is 7.93. The highest BCUT2D eigenvalue weighted by Gasteiger charge is 2.36. The number of pyridine rings is 1. The van der Waals surface area contributed by atoms with Gasteiger partial charge in [-0.2, -0.15) is 0 Å². The minimum Gasteiger partial charge on any atom is -0.413 e. The Balaban J connectivity index is 2.61. The van der Waals surface area contributed by atoms with Crippen LogP contribution in [0.4, 0.5) is 0 Å². The summed E-state index contributed by atoms with van der Waals surface area (Å²) >= 11 is 0. The summed E-state index contributed by atoms with van der Waals surface area (Å²) in [6, 6.07) is 3.80. The normalized spacial score (nSPS) is 12.8. The van der Waals surface area contributed by atoms with E-state index in [1.165, 1.54) is 0 Å². The average Bonchev–Trinajstić information content (AvgIpc) is 2.25. The van der Waals surface area contributed by atoms with Crippen LogP contribution in [0.25, 0.3) is 0 Å². The lowest BCUT2D eigenvalue weighted by Gasteiger charge is -2.36. The lowest BCUT2D eigenvalue weighted by atomic mass is 10.2. The minimum atomic E-state index is -1.69. The van der Waals surface area contributed by atoms with Crippen molar-refractivity contribution in [2.24, 2.45) is 0 Å². The van der Waals surface area contributed by atoms with Crippen LogP contribution in [0.2, 0.25) is 18.1 Å².